The molecule has 8 heteroatoms. The van der Waals surface area contributed by atoms with Gasteiger partial charge in [-0.2, -0.15) is 5.10 Å². The lowest BCUT2D eigenvalue weighted by Crippen LogP contribution is -2.48. The highest BCUT2D eigenvalue weighted by Gasteiger charge is 2.35. The van der Waals surface area contributed by atoms with Crippen LogP contribution in [0.15, 0.2) is 45.4 Å². The molecule has 0 radical (unpaired) electrons. The molecule has 1 N–H and O–H groups in total. The molecule has 1 unspecified atom stereocenters. The molecule has 33 heavy (non-hydrogen) atoms. The number of nitrogens with zero attached hydrogens (tertiary/aromatic N) is 3. The minimum atomic E-state index is -0.0788. The fourth-order valence-electron chi connectivity index (χ4n) is 5.22. The molecule has 1 saturated heterocycles. The van der Waals surface area contributed by atoms with Gasteiger partial charge in [-0.1, -0.05) is 25.3 Å². The van der Waals surface area contributed by atoms with Gasteiger partial charge in [0.25, 0.3) is 5.91 Å². The summed E-state index contributed by atoms with van der Waals surface area (Å²) in [6.45, 7) is 1.97. The lowest BCUT2D eigenvalue weighted by Gasteiger charge is -2.34. The minimum Gasteiger partial charge on any atom is -0.463 e. The van der Waals surface area contributed by atoms with Gasteiger partial charge in [0.1, 0.15) is 11.5 Å². The van der Waals surface area contributed by atoms with E-state index in [1.807, 2.05) is 23.6 Å². The van der Waals surface area contributed by atoms with Crippen LogP contribution in [0.4, 0.5) is 0 Å². The van der Waals surface area contributed by atoms with Crippen molar-refractivity contribution in [1.82, 2.24) is 15.2 Å². The first-order chi connectivity index (χ1) is 16.2. The molecule has 2 fully saturated rings. The van der Waals surface area contributed by atoms with Crippen molar-refractivity contribution in [2.75, 3.05) is 19.6 Å². The molecule has 0 aromatic carbocycles. The summed E-state index contributed by atoms with van der Waals surface area (Å²) in [5, 5.41) is 11.6. The molecule has 1 atom stereocenters. The van der Waals surface area contributed by atoms with Crippen LogP contribution in [0.5, 0.6) is 0 Å². The zero-order chi connectivity index (χ0) is 22.6. The van der Waals surface area contributed by atoms with Gasteiger partial charge >= 0.3 is 0 Å². The van der Waals surface area contributed by atoms with Crippen LogP contribution in [0.1, 0.15) is 68.0 Å². The molecule has 2 aliphatic heterocycles. The van der Waals surface area contributed by atoms with Crippen molar-refractivity contribution >= 4 is 28.9 Å². The molecular formula is C25H32N4O3S. The second kappa shape index (κ2) is 10.2. The largest absolute Gasteiger partial charge is 0.463 e. The standard InChI is InChI=1S/C25H32N4O3S/c30-24(17-28-12-10-19(11-13-28)26-25(31)18-6-2-1-3-7-18)29-21(23-9-5-15-33-23)16-20(27-29)22-8-4-14-32-22/h4-5,8-9,14-15,18-19,21H,1-3,6-7,10-13,16-17H2,(H,26,31). The van der Waals surface area contributed by atoms with E-state index >= 15 is 0 Å². The average molecular weight is 469 g/mol. The first-order valence-corrected chi connectivity index (χ1v) is 13.0. The van der Waals surface area contributed by atoms with Crippen LogP contribution in [0, 0.1) is 5.92 Å². The van der Waals surface area contributed by atoms with Gasteiger partial charge in [-0.05, 0) is 49.3 Å². The van der Waals surface area contributed by atoms with Gasteiger partial charge in [0.15, 0.2) is 0 Å². The quantitative estimate of drug-likeness (QED) is 0.690. The molecule has 2 aromatic rings. The third-order valence-corrected chi connectivity index (χ3v) is 8.09. The average Bonchev–Trinajstić information content (AvgIpc) is 3.62. The van der Waals surface area contributed by atoms with Crippen molar-refractivity contribution in [3.05, 3.63) is 46.5 Å². The maximum atomic E-state index is 13.3. The third-order valence-electron chi connectivity index (χ3n) is 7.11. The van der Waals surface area contributed by atoms with E-state index in [0.29, 0.717) is 13.0 Å². The summed E-state index contributed by atoms with van der Waals surface area (Å²) < 4.78 is 5.54. The molecule has 7 nitrogen and oxygen atoms in total. The van der Waals surface area contributed by atoms with Crippen molar-refractivity contribution in [3.8, 4) is 0 Å². The highest BCUT2D eigenvalue weighted by atomic mass is 32.1. The number of carbonyl (C=O) groups is 2. The van der Waals surface area contributed by atoms with Crippen LogP contribution in [0.3, 0.4) is 0 Å². The van der Waals surface area contributed by atoms with Crippen LogP contribution >= 0.6 is 11.3 Å². The predicted molar refractivity (Wildman–Crippen MR) is 128 cm³/mol. The number of carbonyl (C=O) groups excluding carboxylic acids is 2. The fourth-order valence-corrected chi connectivity index (χ4v) is 6.03. The number of likely N-dealkylation sites (tertiary alicyclic amines) is 1. The smallest absolute Gasteiger partial charge is 0.257 e. The molecule has 4 heterocycles. The first-order valence-electron chi connectivity index (χ1n) is 12.2. The van der Waals surface area contributed by atoms with Gasteiger partial charge in [0.05, 0.1) is 18.8 Å². The topological polar surface area (TPSA) is 78.2 Å². The van der Waals surface area contributed by atoms with Gasteiger partial charge in [-0.15, -0.1) is 11.3 Å². The minimum absolute atomic E-state index is 0.0136. The van der Waals surface area contributed by atoms with Gasteiger partial charge in [0.2, 0.25) is 5.91 Å². The molecule has 176 valence electrons. The van der Waals surface area contributed by atoms with Crippen LogP contribution < -0.4 is 5.32 Å². The van der Waals surface area contributed by atoms with Crippen LogP contribution in [0.25, 0.3) is 0 Å². The van der Waals surface area contributed by atoms with Crippen LogP contribution in [0.2, 0.25) is 0 Å². The normalized spacial score (nSPS) is 23.0. The van der Waals surface area contributed by atoms with Gasteiger partial charge in [-0.25, -0.2) is 5.01 Å². The van der Waals surface area contributed by atoms with E-state index in [2.05, 4.69) is 21.4 Å². The van der Waals surface area contributed by atoms with Crippen molar-refractivity contribution in [3.63, 3.8) is 0 Å². The Bertz CT molecular complexity index is 958. The number of hydrogen-bond acceptors (Lipinski definition) is 6. The maximum absolute atomic E-state index is 13.3. The van der Waals surface area contributed by atoms with Crippen LogP contribution in [-0.2, 0) is 9.59 Å². The van der Waals surface area contributed by atoms with E-state index in [0.717, 1.165) is 55.1 Å². The van der Waals surface area contributed by atoms with E-state index in [-0.39, 0.29) is 29.8 Å². The summed E-state index contributed by atoms with van der Waals surface area (Å²) >= 11 is 1.65. The molecular weight excluding hydrogens is 436 g/mol. The summed E-state index contributed by atoms with van der Waals surface area (Å²) in [6.07, 6.45) is 9.74. The lowest BCUT2D eigenvalue weighted by atomic mass is 9.88. The van der Waals surface area contributed by atoms with Gasteiger partial charge in [0, 0.05) is 36.3 Å². The maximum Gasteiger partial charge on any atom is 0.257 e. The Morgan fingerprint density at radius 1 is 1.09 bits per heavy atom. The van der Waals surface area contributed by atoms with Gasteiger partial charge < -0.3 is 9.73 Å². The molecule has 3 aliphatic rings. The third kappa shape index (κ3) is 5.22. The van der Waals surface area contributed by atoms with E-state index < -0.39 is 0 Å². The number of thiophene rings is 1. The Labute approximate surface area is 198 Å². The number of rotatable bonds is 6. The first kappa shape index (κ1) is 22.3. The number of furan rings is 1. The number of hydrogen-bond donors (Lipinski definition) is 1. The molecule has 1 aliphatic carbocycles. The Morgan fingerprint density at radius 3 is 2.61 bits per heavy atom. The number of hydrazone groups is 1. The molecule has 2 aromatic heterocycles. The van der Waals surface area contributed by atoms with Crippen molar-refractivity contribution < 1.29 is 14.0 Å². The summed E-state index contributed by atoms with van der Waals surface area (Å²) in [6, 6.07) is 7.96. The van der Waals surface area contributed by atoms with E-state index in [9.17, 15) is 9.59 Å². The second-order valence-electron chi connectivity index (χ2n) is 9.39. The van der Waals surface area contributed by atoms with E-state index in [1.165, 1.54) is 19.3 Å². The molecule has 2 amide bonds. The predicted octanol–water partition coefficient (Wildman–Crippen LogP) is 4.18. The molecule has 0 spiro atoms. The number of piperidine rings is 1. The van der Waals surface area contributed by atoms with E-state index in [1.54, 1.807) is 22.6 Å². The number of nitrogens with one attached hydrogen (secondary N) is 1. The Morgan fingerprint density at radius 2 is 1.91 bits per heavy atom. The highest BCUT2D eigenvalue weighted by molar-refractivity contribution is 7.10. The summed E-state index contributed by atoms with van der Waals surface area (Å²) in [4.78, 5) is 29.2. The van der Waals surface area contributed by atoms with Gasteiger partial charge in [-0.3, -0.25) is 14.5 Å². The van der Waals surface area contributed by atoms with Crippen LogP contribution in [-0.4, -0.2) is 53.1 Å². The Kier molecular flexibility index (Phi) is 6.92. The fraction of sp³-hybridized carbons (Fsp3) is 0.560. The summed E-state index contributed by atoms with van der Waals surface area (Å²) in [5.41, 5.74) is 0.816. The summed E-state index contributed by atoms with van der Waals surface area (Å²) in [5.74, 6) is 1.17. The Hall–Kier alpha value is -2.45. The molecule has 5 rings (SSSR count). The SMILES string of the molecule is O=C(NC1CCN(CC(=O)N2N=C(c3ccco3)CC2c2cccs2)CC1)C1CCCCC1. The molecule has 1 saturated carbocycles. The summed E-state index contributed by atoms with van der Waals surface area (Å²) in [7, 11) is 0. The van der Waals surface area contributed by atoms with E-state index in [4.69, 9.17) is 4.42 Å². The van der Waals surface area contributed by atoms with Crippen molar-refractivity contribution in [1.29, 1.82) is 0 Å². The monoisotopic (exact) mass is 468 g/mol. The zero-order valence-corrected chi connectivity index (χ0v) is 19.8. The lowest BCUT2D eigenvalue weighted by molar-refractivity contribution is -0.135. The number of amides is 2. The second-order valence-corrected chi connectivity index (χ2v) is 10.4. The zero-order valence-electron chi connectivity index (χ0n) is 18.9. The Balaban J connectivity index is 1.16. The highest BCUT2D eigenvalue weighted by Crippen LogP contribution is 2.35. The van der Waals surface area contributed by atoms with Crippen molar-refractivity contribution in [2.24, 2.45) is 11.0 Å². The molecule has 0 bridgehead atoms. The van der Waals surface area contributed by atoms with Crippen molar-refractivity contribution in [2.45, 2.75) is 63.5 Å².